The van der Waals surface area contributed by atoms with Gasteiger partial charge >= 0.3 is 0 Å². The SMILES string of the molecule is CCCc1cccc(C(N)Cc2cccc(F)c2)c1. The van der Waals surface area contributed by atoms with Gasteiger partial charge in [0.15, 0.2) is 0 Å². The van der Waals surface area contributed by atoms with E-state index in [1.54, 1.807) is 12.1 Å². The van der Waals surface area contributed by atoms with Gasteiger partial charge in [0.05, 0.1) is 0 Å². The van der Waals surface area contributed by atoms with Gasteiger partial charge in [0.1, 0.15) is 5.82 Å². The van der Waals surface area contributed by atoms with Gasteiger partial charge in [-0.25, -0.2) is 4.39 Å². The predicted molar refractivity (Wildman–Crippen MR) is 77.5 cm³/mol. The lowest BCUT2D eigenvalue weighted by Gasteiger charge is -2.13. The zero-order chi connectivity index (χ0) is 13.7. The minimum absolute atomic E-state index is 0.0846. The normalized spacial score (nSPS) is 12.4. The molecule has 0 aliphatic heterocycles. The smallest absolute Gasteiger partial charge is 0.123 e. The van der Waals surface area contributed by atoms with Crippen LogP contribution in [0.15, 0.2) is 48.5 Å². The minimum Gasteiger partial charge on any atom is -0.324 e. The van der Waals surface area contributed by atoms with Crippen LogP contribution in [-0.4, -0.2) is 0 Å². The Morgan fingerprint density at radius 2 is 1.79 bits per heavy atom. The second-order valence-electron chi connectivity index (χ2n) is 4.94. The topological polar surface area (TPSA) is 26.0 Å². The number of nitrogens with two attached hydrogens (primary N) is 1. The van der Waals surface area contributed by atoms with Crippen molar-refractivity contribution < 1.29 is 4.39 Å². The second kappa shape index (κ2) is 6.48. The first kappa shape index (κ1) is 13.8. The Kier molecular flexibility index (Phi) is 4.69. The molecule has 2 heteroatoms. The molecule has 2 aromatic carbocycles. The molecule has 0 spiro atoms. The standard InChI is InChI=1S/C17H20FN/c1-2-5-13-6-3-8-15(10-13)17(19)12-14-7-4-9-16(18)11-14/h3-4,6-11,17H,2,5,12,19H2,1H3. The van der Waals surface area contributed by atoms with Crippen LogP contribution < -0.4 is 5.73 Å². The number of aryl methyl sites for hydroxylation is 1. The van der Waals surface area contributed by atoms with Gasteiger partial charge in [0.25, 0.3) is 0 Å². The summed E-state index contributed by atoms with van der Waals surface area (Å²) in [5, 5.41) is 0. The maximum atomic E-state index is 13.1. The van der Waals surface area contributed by atoms with Gasteiger partial charge in [-0.15, -0.1) is 0 Å². The molecule has 0 aliphatic carbocycles. The molecule has 0 saturated carbocycles. The van der Waals surface area contributed by atoms with Crippen LogP contribution in [0.1, 0.15) is 36.1 Å². The van der Waals surface area contributed by atoms with Crippen LogP contribution in [0.4, 0.5) is 4.39 Å². The fourth-order valence-electron chi connectivity index (χ4n) is 2.30. The van der Waals surface area contributed by atoms with Crippen molar-refractivity contribution in [1.29, 1.82) is 0 Å². The lowest BCUT2D eigenvalue weighted by atomic mass is 9.97. The number of hydrogen-bond acceptors (Lipinski definition) is 1. The molecule has 0 aliphatic rings. The molecule has 0 fully saturated rings. The van der Waals surface area contributed by atoms with Crippen molar-refractivity contribution in [2.24, 2.45) is 5.73 Å². The zero-order valence-electron chi connectivity index (χ0n) is 11.3. The van der Waals surface area contributed by atoms with E-state index in [2.05, 4.69) is 19.1 Å². The van der Waals surface area contributed by atoms with Crippen LogP contribution in [0.2, 0.25) is 0 Å². The molecule has 0 radical (unpaired) electrons. The molecule has 2 N–H and O–H groups in total. The molecule has 0 amide bonds. The third kappa shape index (κ3) is 3.90. The van der Waals surface area contributed by atoms with Crippen LogP contribution in [0.3, 0.4) is 0 Å². The molecule has 0 saturated heterocycles. The molecule has 0 bridgehead atoms. The van der Waals surface area contributed by atoms with Crippen LogP contribution in [0.25, 0.3) is 0 Å². The Balaban J connectivity index is 2.11. The van der Waals surface area contributed by atoms with E-state index in [4.69, 9.17) is 5.73 Å². The lowest BCUT2D eigenvalue weighted by molar-refractivity contribution is 0.622. The largest absolute Gasteiger partial charge is 0.324 e. The monoisotopic (exact) mass is 257 g/mol. The van der Waals surface area contributed by atoms with E-state index in [-0.39, 0.29) is 11.9 Å². The van der Waals surface area contributed by atoms with E-state index in [0.29, 0.717) is 6.42 Å². The van der Waals surface area contributed by atoms with Gasteiger partial charge in [-0.05, 0) is 41.7 Å². The maximum absolute atomic E-state index is 13.1. The molecule has 0 aromatic heterocycles. The Bertz CT molecular complexity index is 536. The highest BCUT2D eigenvalue weighted by Gasteiger charge is 2.08. The Morgan fingerprint density at radius 3 is 2.53 bits per heavy atom. The summed E-state index contributed by atoms with van der Waals surface area (Å²) in [7, 11) is 0. The van der Waals surface area contributed by atoms with E-state index in [9.17, 15) is 4.39 Å². The van der Waals surface area contributed by atoms with Crippen LogP contribution >= 0.6 is 0 Å². The first-order chi connectivity index (χ1) is 9.19. The fourth-order valence-corrected chi connectivity index (χ4v) is 2.30. The predicted octanol–water partition coefficient (Wildman–Crippen LogP) is 4.02. The highest BCUT2D eigenvalue weighted by atomic mass is 19.1. The van der Waals surface area contributed by atoms with Crippen LogP contribution in [0, 0.1) is 5.82 Å². The van der Waals surface area contributed by atoms with Crippen molar-refractivity contribution in [3.63, 3.8) is 0 Å². The van der Waals surface area contributed by atoms with E-state index in [1.807, 2.05) is 18.2 Å². The van der Waals surface area contributed by atoms with E-state index in [0.717, 1.165) is 24.0 Å². The van der Waals surface area contributed by atoms with Crippen molar-refractivity contribution in [1.82, 2.24) is 0 Å². The summed E-state index contributed by atoms with van der Waals surface area (Å²) in [6, 6.07) is 14.9. The van der Waals surface area contributed by atoms with Crippen LogP contribution in [0.5, 0.6) is 0 Å². The number of benzene rings is 2. The lowest BCUT2D eigenvalue weighted by Crippen LogP contribution is -2.13. The molecule has 1 atom stereocenters. The highest BCUT2D eigenvalue weighted by molar-refractivity contribution is 5.28. The summed E-state index contributed by atoms with van der Waals surface area (Å²) in [6.07, 6.45) is 2.86. The van der Waals surface area contributed by atoms with Gasteiger partial charge < -0.3 is 5.73 Å². The van der Waals surface area contributed by atoms with Crippen molar-refractivity contribution in [3.05, 3.63) is 71.0 Å². The molecule has 2 rings (SSSR count). The van der Waals surface area contributed by atoms with Crippen molar-refractivity contribution >= 4 is 0 Å². The number of rotatable bonds is 5. The fraction of sp³-hybridized carbons (Fsp3) is 0.294. The summed E-state index contributed by atoms with van der Waals surface area (Å²) in [5.41, 5.74) is 9.59. The van der Waals surface area contributed by atoms with E-state index in [1.165, 1.54) is 11.6 Å². The summed E-state index contributed by atoms with van der Waals surface area (Å²) >= 11 is 0. The average molecular weight is 257 g/mol. The molecular weight excluding hydrogens is 237 g/mol. The quantitative estimate of drug-likeness (QED) is 0.860. The van der Waals surface area contributed by atoms with Crippen molar-refractivity contribution in [2.45, 2.75) is 32.2 Å². The second-order valence-corrected chi connectivity index (χ2v) is 4.94. The maximum Gasteiger partial charge on any atom is 0.123 e. The summed E-state index contributed by atoms with van der Waals surface area (Å²) in [5.74, 6) is -0.204. The van der Waals surface area contributed by atoms with Gasteiger partial charge in [0, 0.05) is 6.04 Å². The summed E-state index contributed by atoms with van der Waals surface area (Å²) in [6.45, 7) is 2.17. The van der Waals surface area contributed by atoms with Gasteiger partial charge in [-0.1, -0.05) is 49.7 Å². The molecule has 100 valence electrons. The van der Waals surface area contributed by atoms with E-state index < -0.39 is 0 Å². The van der Waals surface area contributed by atoms with Gasteiger partial charge in [-0.2, -0.15) is 0 Å². The van der Waals surface area contributed by atoms with E-state index >= 15 is 0 Å². The summed E-state index contributed by atoms with van der Waals surface area (Å²) < 4.78 is 13.1. The van der Waals surface area contributed by atoms with Crippen molar-refractivity contribution in [3.8, 4) is 0 Å². The Hall–Kier alpha value is -1.67. The van der Waals surface area contributed by atoms with Crippen molar-refractivity contribution in [2.75, 3.05) is 0 Å². The third-order valence-corrected chi connectivity index (χ3v) is 3.26. The van der Waals surface area contributed by atoms with Gasteiger partial charge in [-0.3, -0.25) is 0 Å². The first-order valence-corrected chi connectivity index (χ1v) is 6.78. The summed E-state index contributed by atoms with van der Waals surface area (Å²) in [4.78, 5) is 0. The highest BCUT2D eigenvalue weighted by Crippen LogP contribution is 2.18. The molecule has 1 nitrogen and oxygen atoms in total. The minimum atomic E-state index is -0.204. The first-order valence-electron chi connectivity index (χ1n) is 6.78. The molecule has 1 unspecified atom stereocenters. The zero-order valence-corrected chi connectivity index (χ0v) is 11.3. The third-order valence-electron chi connectivity index (χ3n) is 3.26. The molecule has 0 heterocycles. The molecular formula is C17H20FN. The Labute approximate surface area is 114 Å². The number of hydrogen-bond donors (Lipinski definition) is 1. The van der Waals surface area contributed by atoms with Gasteiger partial charge in [0.2, 0.25) is 0 Å². The molecule has 19 heavy (non-hydrogen) atoms. The number of halogens is 1. The molecule has 2 aromatic rings. The van der Waals surface area contributed by atoms with Crippen LogP contribution in [-0.2, 0) is 12.8 Å². The average Bonchev–Trinajstić information content (AvgIpc) is 2.39. The Morgan fingerprint density at radius 1 is 1.05 bits per heavy atom.